The van der Waals surface area contributed by atoms with Crippen LogP contribution in [0.5, 0.6) is 5.75 Å². The van der Waals surface area contributed by atoms with Crippen LogP contribution in [0.2, 0.25) is 0 Å². The van der Waals surface area contributed by atoms with Crippen LogP contribution in [0.4, 0.5) is 0 Å². The Morgan fingerprint density at radius 2 is 1.46 bits per heavy atom. The number of hydrogen-bond acceptors (Lipinski definition) is 6. The van der Waals surface area contributed by atoms with Gasteiger partial charge >= 0.3 is 11.9 Å². The highest BCUT2D eigenvalue weighted by Gasteiger charge is 2.77. The monoisotopic (exact) mass is 584 g/mol. The van der Waals surface area contributed by atoms with Crippen LogP contribution in [-0.4, -0.2) is 30.3 Å². The lowest BCUT2D eigenvalue weighted by molar-refractivity contribution is -0.173. The van der Waals surface area contributed by atoms with Crippen molar-refractivity contribution in [1.82, 2.24) is 0 Å². The van der Waals surface area contributed by atoms with Crippen LogP contribution >= 0.6 is 15.9 Å². The number of aliphatic hydroxyl groups is 1. The molecule has 1 unspecified atom stereocenters. The van der Waals surface area contributed by atoms with Gasteiger partial charge in [0.2, 0.25) is 0 Å². The van der Waals surface area contributed by atoms with Gasteiger partial charge in [-0.15, -0.1) is 0 Å². The number of halogens is 1. The van der Waals surface area contributed by atoms with Crippen molar-refractivity contribution in [2.45, 2.75) is 23.2 Å². The molecule has 1 heterocycles. The maximum atomic E-state index is 13.7. The zero-order valence-corrected chi connectivity index (χ0v) is 22.6. The summed E-state index contributed by atoms with van der Waals surface area (Å²) >= 11 is 3.39. The lowest BCUT2D eigenvalue weighted by Crippen LogP contribution is -2.56. The number of hydrogen-bond donors (Lipinski definition) is 1. The molecule has 7 heteroatoms. The Balaban J connectivity index is 1.66. The lowest BCUT2D eigenvalue weighted by atomic mass is 9.75. The van der Waals surface area contributed by atoms with E-state index in [9.17, 15) is 14.7 Å². The average molecular weight is 585 g/mol. The zero-order valence-electron chi connectivity index (χ0n) is 21.0. The first-order valence-electron chi connectivity index (χ1n) is 12.6. The number of ether oxygens (including phenoxy) is 3. The standard InChI is InChI=1S/C32H25BrO6/c1-37-29(35)27-26(20-10-4-2-5-11-20)32(22-12-6-3-7-13-22)30(38-28(34)21-16-18-23(33)19-17-21)31(27,36)24-14-8-9-15-25(24)39-32/h2-19,26-27,30,36H,1H3/t26-,27+,30?,31+,32+/m1/s1. The van der Waals surface area contributed by atoms with Gasteiger partial charge in [-0.05, 0) is 41.5 Å². The molecule has 6 rings (SSSR count). The van der Waals surface area contributed by atoms with Crippen LogP contribution in [0.25, 0.3) is 0 Å². The number of carbonyl (C=O) groups excluding carboxylic acids is 2. The van der Waals surface area contributed by atoms with Crippen LogP contribution in [0.3, 0.4) is 0 Å². The molecule has 5 atom stereocenters. The third kappa shape index (κ3) is 3.79. The highest BCUT2D eigenvalue weighted by atomic mass is 79.9. The molecule has 6 nitrogen and oxygen atoms in total. The molecule has 4 aromatic rings. The molecule has 0 radical (unpaired) electrons. The molecule has 39 heavy (non-hydrogen) atoms. The summed E-state index contributed by atoms with van der Waals surface area (Å²) in [7, 11) is 1.29. The third-order valence-electron chi connectivity index (χ3n) is 7.80. The fourth-order valence-electron chi connectivity index (χ4n) is 6.22. The average Bonchev–Trinajstić information content (AvgIpc) is 3.12. The first-order chi connectivity index (χ1) is 18.9. The number of esters is 2. The van der Waals surface area contributed by atoms with E-state index >= 15 is 0 Å². The molecular formula is C32H25BrO6. The number of para-hydroxylation sites is 1. The summed E-state index contributed by atoms with van der Waals surface area (Å²) in [6.45, 7) is 0. The van der Waals surface area contributed by atoms with Crippen LogP contribution in [0.1, 0.15) is 33.0 Å². The Hall–Kier alpha value is -3.94. The van der Waals surface area contributed by atoms with Gasteiger partial charge in [-0.25, -0.2) is 4.79 Å². The summed E-state index contributed by atoms with van der Waals surface area (Å²) in [6.07, 6.45) is -1.30. The minimum Gasteiger partial charge on any atom is -0.477 e. The second kappa shape index (κ2) is 9.67. The molecule has 0 aromatic heterocycles. The van der Waals surface area contributed by atoms with Crippen LogP contribution < -0.4 is 4.74 Å². The van der Waals surface area contributed by atoms with Crippen molar-refractivity contribution >= 4 is 27.9 Å². The third-order valence-corrected chi connectivity index (χ3v) is 8.33. The Morgan fingerprint density at radius 3 is 2.13 bits per heavy atom. The van der Waals surface area contributed by atoms with E-state index in [0.717, 1.165) is 10.0 Å². The number of benzene rings is 4. The Morgan fingerprint density at radius 1 is 0.846 bits per heavy atom. The summed E-state index contributed by atoms with van der Waals surface area (Å²) in [5.41, 5.74) is -1.37. The van der Waals surface area contributed by atoms with Crippen LogP contribution in [0.15, 0.2) is 114 Å². The summed E-state index contributed by atoms with van der Waals surface area (Å²) in [4.78, 5) is 27.3. The predicted molar refractivity (Wildman–Crippen MR) is 147 cm³/mol. The van der Waals surface area contributed by atoms with E-state index < -0.39 is 41.1 Å². The second-order valence-corrected chi connectivity index (χ2v) is 10.7. The molecule has 0 amide bonds. The molecule has 1 N–H and O–H groups in total. The van der Waals surface area contributed by atoms with E-state index in [1.807, 2.05) is 60.7 Å². The minimum absolute atomic E-state index is 0.300. The normalized spacial score (nSPS) is 26.7. The first kappa shape index (κ1) is 25.3. The summed E-state index contributed by atoms with van der Waals surface area (Å²) < 4.78 is 19.2. The summed E-state index contributed by atoms with van der Waals surface area (Å²) in [5, 5.41) is 12.8. The van der Waals surface area contributed by atoms with Gasteiger partial charge in [-0.2, -0.15) is 0 Å². The molecule has 2 aliphatic rings. The van der Waals surface area contributed by atoms with Gasteiger partial charge in [0.15, 0.2) is 11.7 Å². The van der Waals surface area contributed by atoms with Crippen molar-refractivity contribution < 1.29 is 28.9 Å². The van der Waals surface area contributed by atoms with E-state index in [0.29, 0.717) is 22.4 Å². The molecule has 1 aliphatic carbocycles. The maximum absolute atomic E-state index is 13.7. The molecule has 2 bridgehead atoms. The number of methoxy groups -OCH3 is 1. The molecule has 4 aromatic carbocycles. The van der Waals surface area contributed by atoms with E-state index in [2.05, 4.69) is 15.9 Å². The van der Waals surface area contributed by atoms with Gasteiger partial charge in [0.1, 0.15) is 17.3 Å². The molecule has 196 valence electrons. The zero-order chi connectivity index (χ0) is 27.2. The van der Waals surface area contributed by atoms with Crippen molar-refractivity contribution in [2.75, 3.05) is 7.11 Å². The van der Waals surface area contributed by atoms with Gasteiger partial charge < -0.3 is 19.3 Å². The summed E-state index contributed by atoms with van der Waals surface area (Å²) in [5.74, 6) is -2.79. The first-order valence-corrected chi connectivity index (χ1v) is 13.4. The maximum Gasteiger partial charge on any atom is 0.338 e. The van der Waals surface area contributed by atoms with Gasteiger partial charge in [0.05, 0.1) is 12.7 Å². The van der Waals surface area contributed by atoms with Gasteiger partial charge in [0, 0.05) is 16.0 Å². The van der Waals surface area contributed by atoms with E-state index in [1.165, 1.54) is 7.11 Å². The van der Waals surface area contributed by atoms with Gasteiger partial charge in [-0.1, -0.05) is 94.8 Å². The Bertz CT molecular complexity index is 1520. The fourth-order valence-corrected chi connectivity index (χ4v) is 6.48. The highest BCUT2D eigenvalue weighted by Crippen LogP contribution is 2.67. The predicted octanol–water partition coefficient (Wildman–Crippen LogP) is 5.74. The SMILES string of the molecule is COC(=O)[C@@H]1[C@@H](c2ccccc2)[C@]2(c3ccccc3)Oc3ccccc3[C@@]1(O)C2OC(=O)c1ccc(Br)cc1. The topological polar surface area (TPSA) is 82.1 Å². The molecule has 1 aliphatic heterocycles. The highest BCUT2D eigenvalue weighted by molar-refractivity contribution is 9.10. The van der Waals surface area contributed by atoms with Crippen molar-refractivity contribution in [3.05, 3.63) is 136 Å². The quantitative estimate of drug-likeness (QED) is 0.301. The summed E-state index contributed by atoms with van der Waals surface area (Å²) in [6, 6.07) is 32.5. The van der Waals surface area contributed by atoms with Gasteiger partial charge in [0.25, 0.3) is 0 Å². The van der Waals surface area contributed by atoms with Crippen LogP contribution in [-0.2, 0) is 25.5 Å². The van der Waals surface area contributed by atoms with E-state index in [-0.39, 0.29) is 0 Å². The Kier molecular flexibility index (Phi) is 6.28. The van der Waals surface area contributed by atoms with Crippen molar-refractivity contribution in [1.29, 1.82) is 0 Å². The Labute approximate surface area is 234 Å². The largest absolute Gasteiger partial charge is 0.477 e. The van der Waals surface area contributed by atoms with Crippen molar-refractivity contribution in [2.24, 2.45) is 5.92 Å². The number of fused-ring (bicyclic) bond motifs is 4. The second-order valence-electron chi connectivity index (χ2n) is 9.76. The molecule has 0 saturated heterocycles. The minimum atomic E-state index is -1.97. The molecular weight excluding hydrogens is 560 g/mol. The van der Waals surface area contributed by atoms with E-state index in [1.54, 1.807) is 48.5 Å². The molecule has 1 fully saturated rings. The van der Waals surface area contributed by atoms with E-state index in [4.69, 9.17) is 14.2 Å². The smallest absolute Gasteiger partial charge is 0.338 e. The fraction of sp³-hybridized carbons (Fsp3) is 0.188. The van der Waals surface area contributed by atoms with Gasteiger partial charge in [-0.3, -0.25) is 4.79 Å². The molecule has 1 saturated carbocycles. The van der Waals surface area contributed by atoms with Crippen molar-refractivity contribution in [3.63, 3.8) is 0 Å². The van der Waals surface area contributed by atoms with Crippen LogP contribution in [0, 0.1) is 5.92 Å². The number of carbonyl (C=O) groups is 2. The lowest BCUT2D eigenvalue weighted by Gasteiger charge is -2.46. The van der Waals surface area contributed by atoms with Crippen molar-refractivity contribution in [3.8, 4) is 5.75 Å². The molecule has 0 spiro atoms. The number of rotatable bonds is 5.